The van der Waals surface area contributed by atoms with Crippen LogP contribution in [0.2, 0.25) is 0 Å². The summed E-state index contributed by atoms with van der Waals surface area (Å²) in [5, 5.41) is 9.48. The number of hydrogen-bond acceptors (Lipinski definition) is 3. The molecule has 18 heavy (non-hydrogen) atoms. The monoisotopic (exact) mass is 254 g/mol. The molecule has 1 unspecified atom stereocenters. The van der Waals surface area contributed by atoms with Crippen LogP contribution in [0.5, 0.6) is 0 Å². The lowest BCUT2D eigenvalue weighted by Crippen LogP contribution is -2.47. The molecule has 0 aromatic heterocycles. The first-order chi connectivity index (χ1) is 8.63. The third-order valence-electron chi connectivity index (χ3n) is 3.80. The highest BCUT2D eigenvalue weighted by Gasteiger charge is 2.37. The predicted molar refractivity (Wildman–Crippen MR) is 66.8 cm³/mol. The Kier molecular flexibility index (Phi) is 4.22. The lowest BCUT2D eigenvalue weighted by atomic mass is 10.2. The van der Waals surface area contributed by atoms with Gasteiger partial charge in [0.1, 0.15) is 6.04 Å². The van der Waals surface area contributed by atoms with E-state index in [2.05, 4.69) is 0 Å². The average molecular weight is 254 g/mol. The molecular weight excluding hydrogens is 232 g/mol. The van der Waals surface area contributed by atoms with Crippen LogP contribution >= 0.6 is 0 Å². The summed E-state index contributed by atoms with van der Waals surface area (Å²) >= 11 is 0. The number of carbonyl (C=O) groups is 2. The highest BCUT2D eigenvalue weighted by molar-refractivity contribution is 5.88. The standard InChI is InChI=1S/C13H22N2O3/c1-2-4-12(17)15-7-3-5-11(15)13(18)14-8-6-10(16)9-14/h10-11,16H,2-9H2,1H3/t10-,11?/m1/s1. The number of rotatable bonds is 3. The van der Waals surface area contributed by atoms with Gasteiger partial charge >= 0.3 is 0 Å². The van der Waals surface area contributed by atoms with Gasteiger partial charge in [-0.25, -0.2) is 0 Å². The molecule has 5 heteroatoms. The molecule has 2 aliphatic rings. The second-order valence-electron chi connectivity index (χ2n) is 5.22. The summed E-state index contributed by atoms with van der Waals surface area (Å²) in [4.78, 5) is 27.7. The number of carbonyl (C=O) groups excluding carboxylic acids is 2. The topological polar surface area (TPSA) is 60.9 Å². The molecule has 1 N–H and O–H groups in total. The summed E-state index contributed by atoms with van der Waals surface area (Å²) in [5.41, 5.74) is 0. The van der Waals surface area contributed by atoms with E-state index in [9.17, 15) is 14.7 Å². The van der Waals surface area contributed by atoms with Crippen LogP contribution in [0.4, 0.5) is 0 Å². The molecule has 5 nitrogen and oxygen atoms in total. The van der Waals surface area contributed by atoms with Gasteiger partial charge in [0, 0.05) is 26.1 Å². The normalized spacial score (nSPS) is 27.9. The number of β-amino-alcohol motifs (C(OH)–C–C–N with tert-alkyl or cyclic N) is 1. The van der Waals surface area contributed by atoms with Crippen LogP contribution in [-0.2, 0) is 9.59 Å². The molecule has 0 aromatic rings. The Hall–Kier alpha value is -1.10. The molecule has 102 valence electrons. The fraction of sp³-hybridized carbons (Fsp3) is 0.846. The first kappa shape index (κ1) is 13.3. The number of nitrogens with zero attached hydrogens (tertiary/aromatic N) is 2. The first-order valence-electron chi connectivity index (χ1n) is 6.89. The lowest BCUT2D eigenvalue weighted by Gasteiger charge is -2.27. The number of aliphatic hydroxyl groups is 1. The van der Waals surface area contributed by atoms with Crippen LogP contribution in [0, 0.1) is 0 Å². The molecule has 0 radical (unpaired) electrons. The number of aliphatic hydroxyl groups excluding tert-OH is 1. The van der Waals surface area contributed by atoms with Crippen molar-refractivity contribution in [2.24, 2.45) is 0 Å². The maximum atomic E-state index is 12.3. The fourth-order valence-corrected chi connectivity index (χ4v) is 2.83. The molecule has 2 saturated heterocycles. The minimum Gasteiger partial charge on any atom is -0.391 e. The van der Waals surface area contributed by atoms with Gasteiger partial charge in [0.15, 0.2) is 0 Å². The molecule has 2 rings (SSSR count). The summed E-state index contributed by atoms with van der Waals surface area (Å²) in [6.45, 7) is 3.71. The minimum absolute atomic E-state index is 0.0218. The Labute approximate surface area is 108 Å². The number of hydrogen-bond donors (Lipinski definition) is 1. The van der Waals surface area contributed by atoms with Crippen molar-refractivity contribution in [3.63, 3.8) is 0 Å². The van der Waals surface area contributed by atoms with Crippen LogP contribution in [0.25, 0.3) is 0 Å². The maximum Gasteiger partial charge on any atom is 0.245 e. The Bertz CT molecular complexity index is 332. The molecule has 0 spiro atoms. The van der Waals surface area contributed by atoms with Crippen LogP contribution in [0.3, 0.4) is 0 Å². The molecular formula is C13H22N2O3. The van der Waals surface area contributed by atoms with Crippen LogP contribution in [-0.4, -0.2) is 58.5 Å². The first-order valence-corrected chi connectivity index (χ1v) is 6.89. The van der Waals surface area contributed by atoms with E-state index >= 15 is 0 Å². The van der Waals surface area contributed by atoms with E-state index in [0.29, 0.717) is 32.5 Å². The van der Waals surface area contributed by atoms with Gasteiger partial charge in [-0.2, -0.15) is 0 Å². The quantitative estimate of drug-likeness (QED) is 0.791. The van der Waals surface area contributed by atoms with E-state index in [1.54, 1.807) is 9.80 Å². The van der Waals surface area contributed by atoms with E-state index in [-0.39, 0.29) is 17.9 Å². The Morgan fingerprint density at radius 3 is 2.67 bits per heavy atom. The SMILES string of the molecule is CCCC(=O)N1CCCC1C(=O)N1CC[C@@H](O)C1. The number of likely N-dealkylation sites (tertiary alicyclic amines) is 2. The molecule has 2 aliphatic heterocycles. The summed E-state index contributed by atoms with van der Waals surface area (Å²) in [7, 11) is 0. The van der Waals surface area contributed by atoms with E-state index in [4.69, 9.17) is 0 Å². The van der Waals surface area contributed by atoms with E-state index < -0.39 is 6.10 Å². The van der Waals surface area contributed by atoms with E-state index in [0.717, 1.165) is 19.3 Å². The summed E-state index contributed by atoms with van der Waals surface area (Å²) in [5.74, 6) is 0.113. The zero-order valence-corrected chi connectivity index (χ0v) is 11.0. The van der Waals surface area contributed by atoms with Crippen molar-refractivity contribution >= 4 is 11.8 Å². The molecule has 2 fully saturated rings. The Morgan fingerprint density at radius 2 is 2.06 bits per heavy atom. The summed E-state index contributed by atoms with van der Waals surface area (Å²) in [6, 6.07) is -0.283. The smallest absolute Gasteiger partial charge is 0.245 e. The Morgan fingerprint density at radius 1 is 1.28 bits per heavy atom. The largest absolute Gasteiger partial charge is 0.391 e. The van der Waals surface area contributed by atoms with Crippen molar-refractivity contribution in [3.8, 4) is 0 Å². The molecule has 0 saturated carbocycles. The van der Waals surface area contributed by atoms with Crippen LogP contribution < -0.4 is 0 Å². The summed E-state index contributed by atoms with van der Waals surface area (Å²) in [6.07, 6.45) is 3.27. The van der Waals surface area contributed by atoms with E-state index in [1.807, 2.05) is 6.92 Å². The van der Waals surface area contributed by atoms with Crippen molar-refractivity contribution in [2.75, 3.05) is 19.6 Å². The second kappa shape index (κ2) is 5.69. The average Bonchev–Trinajstić information content (AvgIpc) is 2.96. The van der Waals surface area contributed by atoms with Gasteiger partial charge in [-0.05, 0) is 25.7 Å². The lowest BCUT2D eigenvalue weighted by molar-refractivity contribution is -0.143. The van der Waals surface area contributed by atoms with Gasteiger partial charge in [-0.1, -0.05) is 6.92 Å². The zero-order chi connectivity index (χ0) is 13.1. The van der Waals surface area contributed by atoms with Gasteiger partial charge in [0.05, 0.1) is 6.10 Å². The molecule has 2 heterocycles. The zero-order valence-electron chi connectivity index (χ0n) is 11.0. The maximum absolute atomic E-state index is 12.3. The van der Waals surface area contributed by atoms with Crippen molar-refractivity contribution < 1.29 is 14.7 Å². The van der Waals surface area contributed by atoms with Gasteiger partial charge in [-0.3, -0.25) is 9.59 Å². The third kappa shape index (κ3) is 2.66. The predicted octanol–water partition coefficient (Wildman–Crippen LogP) is 0.371. The molecule has 2 amide bonds. The van der Waals surface area contributed by atoms with Crippen molar-refractivity contribution in [1.29, 1.82) is 0 Å². The van der Waals surface area contributed by atoms with Crippen molar-refractivity contribution in [3.05, 3.63) is 0 Å². The second-order valence-corrected chi connectivity index (χ2v) is 5.22. The highest BCUT2D eigenvalue weighted by Crippen LogP contribution is 2.22. The van der Waals surface area contributed by atoms with Gasteiger partial charge in [0.25, 0.3) is 0 Å². The van der Waals surface area contributed by atoms with Crippen LogP contribution in [0.1, 0.15) is 39.0 Å². The molecule has 0 aromatic carbocycles. The molecule has 0 bridgehead atoms. The van der Waals surface area contributed by atoms with Gasteiger partial charge in [-0.15, -0.1) is 0 Å². The Balaban J connectivity index is 1.98. The number of amides is 2. The van der Waals surface area contributed by atoms with Gasteiger partial charge in [0.2, 0.25) is 11.8 Å². The van der Waals surface area contributed by atoms with E-state index in [1.165, 1.54) is 0 Å². The molecule has 0 aliphatic carbocycles. The highest BCUT2D eigenvalue weighted by atomic mass is 16.3. The minimum atomic E-state index is -0.393. The fourth-order valence-electron chi connectivity index (χ4n) is 2.83. The molecule has 2 atom stereocenters. The van der Waals surface area contributed by atoms with Crippen molar-refractivity contribution in [1.82, 2.24) is 9.80 Å². The summed E-state index contributed by atoms with van der Waals surface area (Å²) < 4.78 is 0. The van der Waals surface area contributed by atoms with Crippen LogP contribution in [0.15, 0.2) is 0 Å². The van der Waals surface area contributed by atoms with Gasteiger partial charge < -0.3 is 14.9 Å². The van der Waals surface area contributed by atoms with Crippen molar-refractivity contribution in [2.45, 2.75) is 51.2 Å². The third-order valence-corrected chi connectivity index (χ3v) is 3.80.